The van der Waals surface area contributed by atoms with Crippen LogP contribution < -0.4 is 4.72 Å². The van der Waals surface area contributed by atoms with Crippen LogP contribution in [-0.4, -0.2) is 8.42 Å². The molecule has 0 aliphatic rings. The summed E-state index contributed by atoms with van der Waals surface area (Å²) in [5, 5.41) is 0.141. The molecule has 0 fully saturated rings. The van der Waals surface area contributed by atoms with Crippen LogP contribution >= 0.6 is 27.5 Å². The normalized spacial score (nSPS) is 11.5. The second-order valence-corrected chi connectivity index (χ2v) is 7.21. The van der Waals surface area contributed by atoms with E-state index in [0.29, 0.717) is 10.0 Å². The maximum absolute atomic E-state index is 13.6. The molecule has 0 saturated carbocycles. The number of benzene rings is 2. The van der Waals surface area contributed by atoms with Crippen molar-refractivity contribution in [1.29, 1.82) is 0 Å². The minimum atomic E-state index is -4.29. The van der Waals surface area contributed by atoms with Crippen molar-refractivity contribution in [1.82, 2.24) is 0 Å². The first-order valence-corrected chi connectivity index (χ1v) is 8.30. The molecule has 0 unspecified atom stereocenters. The maximum atomic E-state index is 13.6. The van der Waals surface area contributed by atoms with Gasteiger partial charge in [-0.2, -0.15) is 0 Å². The molecule has 2 aromatic carbocycles. The van der Waals surface area contributed by atoms with Crippen LogP contribution in [0.1, 0.15) is 5.56 Å². The van der Waals surface area contributed by atoms with Crippen molar-refractivity contribution in [3.05, 3.63) is 57.0 Å². The summed E-state index contributed by atoms with van der Waals surface area (Å²) in [6.07, 6.45) is 0. The Bertz CT molecular complexity index is 789. The molecule has 0 atom stereocenters. The van der Waals surface area contributed by atoms with Crippen LogP contribution in [0.3, 0.4) is 0 Å². The van der Waals surface area contributed by atoms with Crippen molar-refractivity contribution in [2.24, 2.45) is 0 Å². The molecule has 0 heterocycles. The molecular formula is C13H9BrClF2NO2S. The first-order chi connectivity index (χ1) is 9.72. The van der Waals surface area contributed by atoms with Gasteiger partial charge in [0.1, 0.15) is 4.90 Å². The van der Waals surface area contributed by atoms with Gasteiger partial charge in [-0.15, -0.1) is 0 Å². The Morgan fingerprint density at radius 3 is 2.52 bits per heavy atom. The Morgan fingerprint density at radius 2 is 1.90 bits per heavy atom. The van der Waals surface area contributed by atoms with Crippen molar-refractivity contribution >= 4 is 43.2 Å². The van der Waals surface area contributed by atoms with E-state index >= 15 is 0 Å². The third-order valence-corrected chi connectivity index (χ3v) is 4.82. The molecule has 0 saturated heterocycles. The minimum absolute atomic E-state index is 0.114. The van der Waals surface area contributed by atoms with Crippen LogP contribution in [0.25, 0.3) is 0 Å². The lowest BCUT2D eigenvalue weighted by Crippen LogP contribution is -2.16. The zero-order chi connectivity index (χ0) is 15.8. The lowest BCUT2D eigenvalue weighted by molar-refractivity contribution is 0.485. The van der Waals surface area contributed by atoms with Gasteiger partial charge in [-0.1, -0.05) is 33.6 Å². The van der Waals surface area contributed by atoms with Crippen molar-refractivity contribution in [3.63, 3.8) is 0 Å². The minimum Gasteiger partial charge on any atom is -0.278 e. The van der Waals surface area contributed by atoms with Gasteiger partial charge in [0.05, 0.1) is 10.7 Å². The highest BCUT2D eigenvalue weighted by atomic mass is 79.9. The topological polar surface area (TPSA) is 46.2 Å². The predicted octanol–water partition coefficient (Wildman–Crippen LogP) is 4.49. The van der Waals surface area contributed by atoms with Crippen molar-refractivity contribution in [3.8, 4) is 0 Å². The molecular weight excluding hydrogens is 388 g/mol. The predicted molar refractivity (Wildman–Crippen MR) is 81.1 cm³/mol. The van der Waals surface area contributed by atoms with E-state index in [-0.39, 0.29) is 10.7 Å². The number of hydrogen-bond donors (Lipinski definition) is 1. The summed E-state index contributed by atoms with van der Waals surface area (Å²) < 4.78 is 54.0. The van der Waals surface area contributed by atoms with Gasteiger partial charge in [0, 0.05) is 4.47 Å². The van der Waals surface area contributed by atoms with E-state index in [2.05, 4.69) is 20.7 Å². The Hall–Kier alpha value is -1.18. The SMILES string of the molecule is Cc1cc(Br)cc(Cl)c1NS(=O)(=O)c1cccc(F)c1F. The first kappa shape index (κ1) is 16.2. The third-order valence-electron chi connectivity index (χ3n) is 2.69. The van der Waals surface area contributed by atoms with E-state index in [1.165, 1.54) is 6.07 Å². The van der Waals surface area contributed by atoms with Crippen LogP contribution in [-0.2, 0) is 10.0 Å². The third kappa shape index (κ3) is 3.36. The van der Waals surface area contributed by atoms with Crippen LogP contribution in [0.15, 0.2) is 39.7 Å². The Labute approximate surface area is 134 Å². The molecule has 3 nitrogen and oxygen atoms in total. The Balaban J connectivity index is 2.50. The number of aryl methyl sites for hydroxylation is 1. The number of halogens is 4. The highest BCUT2D eigenvalue weighted by Crippen LogP contribution is 2.32. The summed E-state index contributed by atoms with van der Waals surface area (Å²) in [5.41, 5.74) is 0.651. The Morgan fingerprint density at radius 1 is 1.24 bits per heavy atom. The largest absolute Gasteiger partial charge is 0.278 e. The summed E-state index contributed by atoms with van der Waals surface area (Å²) in [5.74, 6) is -2.67. The van der Waals surface area contributed by atoms with Crippen LogP contribution in [0.4, 0.5) is 14.5 Å². The van der Waals surface area contributed by atoms with Gasteiger partial charge in [-0.05, 0) is 36.8 Å². The van der Waals surface area contributed by atoms with Gasteiger partial charge in [0.2, 0.25) is 0 Å². The molecule has 0 radical (unpaired) electrons. The molecule has 0 bridgehead atoms. The average molecular weight is 397 g/mol. The summed E-state index contributed by atoms with van der Waals surface area (Å²) >= 11 is 9.20. The van der Waals surface area contributed by atoms with Gasteiger partial charge in [-0.3, -0.25) is 4.72 Å². The van der Waals surface area contributed by atoms with E-state index in [4.69, 9.17) is 11.6 Å². The maximum Gasteiger partial charge on any atom is 0.264 e. The average Bonchev–Trinajstić information content (AvgIpc) is 2.37. The van der Waals surface area contributed by atoms with E-state index in [0.717, 1.165) is 18.2 Å². The van der Waals surface area contributed by atoms with Gasteiger partial charge in [-0.25, -0.2) is 17.2 Å². The summed E-state index contributed by atoms with van der Waals surface area (Å²) in [6.45, 7) is 1.64. The summed E-state index contributed by atoms with van der Waals surface area (Å²) in [7, 11) is -4.29. The highest BCUT2D eigenvalue weighted by Gasteiger charge is 2.23. The molecule has 0 aliphatic carbocycles. The molecule has 0 aliphatic heterocycles. The summed E-state index contributed by atoms with van der Waals surface area (Å²) in [6, 6.07) is 6.07. The van der Waals surface area contributed by atoms with Crippen LogP contribution in [0, 0.1) is 18.6 Å². The Kier molecular flexibility index (Phi) is 4.55. The fraction of sp³-hybridized carbons (Fsp3) is 0.0769. The molecule has 0 amide bonds. The lowest BCUT2D eigenvalue weighted by Gasteiger charge is -2.13. The van der Waals surface area contributed by atoms with E-state index < -0.39 is 26.6 Å². The van der Waals surface area contributed by atoms with Crippen molar-refractivity contribution < 1.29 is 17.2 Å². The fourth-order valence-electron chi connectivity index (χ4n) is 1.71. The standard InChI is InChI=1S/C13H9BrClF2NO2S/c1-7-5-8(14)6-9(15)13(7)18-21(19,20)11-4-2-3-10(16)12(11)17/h2-6,18H,1H3. The second kappa shape index (κ2) is 5.90. The van der Waals surface area contributed by atoms with Gasteiger partial charge >= 0.3 is 0 Å². The summed E-state index contributed by atoms with van der Waals surface area (Å²) in [4.78, 5) is -0.777. The zero-order valence-corrected chi connectivity index (χ0v) is 13.8. The molecule has 2 aromatic rings. The number of rotatable bonds is 3. The number of anilines is 1. The lowest BCUT2D eigenvalue weighted by atomic mass is 10.2. The molecule has 0 aromatic heterocycles. The van der Waals surface area contributed by atoms with Gasteiger partial charge < -0.3 is 0 Å². The number of sulfonamides is 1. The molecule has 112 valence electrons. The highest BCUT2D eigenvalue weighted by molar-refractivity contribution is 9.10. The van der Waals surface area contributed by atoms with E-state index in [9.17, 15) is 17.2 Å². The zero-order valence-electron chi connectivity index (χ0n) is 10.6. The first-order valence-electron chi connectivity index (χ1n) is 5.65. The van der Waals surface area contributed by atoms with Crippen LogP contribution in [0.2, 0.25) is 5.02 Å². The number of nitrogens with one attached hydrogen (secondary N) is 1. The van der Waals surface area contributed by atoms with Gasteiger partial charge in [0.15, 0.2) is 11.6 Å². The molecule has 2 rings (SSSR count). The number of hydrogen-bond acceptors (Lipinski definition) is 2. The second-order valence-electron chi connectivity index (χ2n) is 4.24. The molecule has 1 N–H and O–H groups in total. The monoisotopic (exact) mass is 395 g/mol. The fourth-order valence-corrected chi connectivity index (χ4v) is 4.03. The molecule has 21 heavy (non-hydrogen) atoms. The van der Waals surface area contributed by atoms with Gasteiger partial charge in [0.25, 0.3) is 10.0 Å². The molecule has 0 spiro atoms. The van der Waals surface area contributed by atoms with E-state index in [1.807, 2.05) is 0 Å². The van der Waals surface area contributed by atoms with E-state index in [1.54, 1.807) is 13.0 Å². The van der Waals surface area contributed by atoms with Crippen LogP contribution in [0.5, 0.6) is 0 Å². The van der Waals surface area contributed by atoms with Crippen molar-refractivity contribution in [2.75, 3.05) is 4.72 Å². The molecule has 8 heteroatoms. The smallest absolute Gasteiger partial charge is 0.264 e. The van der Waals surface area contributed by atoms with Crippen molar-refractivity contribution in [2.45, 2.75) is 11.8 Å². The quantitative estimate of drug-likeness (QED) is 0.831.